The molecule has 0 radical (unpaired) electrons. The molecule has 0 spiro atoms. The molecule has 1 amide bonds. The van der Waals surface area contributed by atoms with Crippen molar-refractivity contribution < 1.29 is 13.2 Å². The number of carbonyl (C=O) groups is 1. The van der Waals surface area contributed by atoms with Gasteiger partial charge in [-0.1, -0.05) is 56.6 Å². The molecule has 0 bridgehead atoms. The van der Waals surface area contributed by atoms with Gasteiger partial charge in [0, 0.05) is 11.6 Å². The van der Waals surface area contributed by atoms with Gasteiger partial charge in [0.1, 0.15) is 6.04 Å². The van der Waals surface area contributed by atoms with E-state index in [2.05, 4.69) is 31.3 Å². The molecule has 8 heteroatoms. The van der Waals surface area contributed by atoms with Crippen LogP contribution in [0, 0.1) is 0 Å². The van der Waals surface area contributed by atoms with Crippen molar-refractivity contribution in [3.05, 3.63) is 64.7 Å². The fourth-order valence-electron chi connectivity index (χ4n) is 3.35. The van der Waals surface area contributed by atoms with Crippen molar-refractivity contribution in [2.24, 2.45) is 5.10 Å². The van der Waals surface area contributed by atoms with Crippen molar-refractivity contribution in [2.75, 3.05) is 6.54 Å². The Balaban J connectivity index is 1.67. The summed E-state index contributed by atoms with van der Waals surface area (Å²) in [4.78, 5) is 12.7. The highest BCUT2D eigenvalue weighted by atomic mass is 35.5. The van der Waals surface area contributed by atoms with Crippen LogP contribution in [0.2, 0.25) is 5.02 Å². The lowest BCUT2D eigenvalue weighted by atomic mass is 9.87. The Kier molecular flexibility index (Phi) is 6.65. The number of nitrogens with zero attached hydrogens (tertiary/aromatic N) is 2. The molecule has 6 nitrogen and oxygen atoms in total. The van der Waals surface area contributed by atoms with Crippen LogP contribution in [0.1, 0.15) is 44.7 Å². The molecule has 0 aliphatic carbocycles. The van der Waals surface area contributed by atoms with Gasteiger partial charge in [0.15, 0.2) is 0 Å². The first-order chi connectivity index (χ1) is 14.1. The first kappa shape index (κ1) is 22.5. The molecule has 3 rings (SSSR count). The van der Waals surface area contributed by atoms with E-state index < -0.39 is 22.0 Å². The maximum atomic E-state index is 12.9. The van der Waals surface area contributed by atoms with Gasteiger partial charge in [0.25, 0.3) is 5.91 Å². The highest BCUT2D eigenvalue weighted by Gasteiger charge is 2.39. The van der Waals surface area contributed by atoms with Crippen LogP contribution in [0.4, 0.5) is 0 Å². The third-order valence-electron chi connectivity index (χ3n) is 5.09. The lowest BCUT2D eigenvalue weighted by Gasteiger charge is -2.22. The van der Waals surface area contributed by atoms with Gasteiger partial charge >= 0.3 is 0 Å². The van der Waals surface area contributed by atoms with Crippen LogP contribution >= 0.6 is 11.6 Å². The molecule has 160 valence electrons. The van der Waals surface area contributed by atoms with E-state index in [4.69, 9.17) is 11.6 Å². The topological polar surface area (TPSA) is 78.8 Å². The summed E-state index contributed by atoms with van der Waals surface area (Å²) in [5, 5.41) is 4.47. The van der Waals surface area contributed by atoms with Gasteiger partial charge in [-0.25, -0.2) is 13.8 Å². The van der Waals surface area contributed by atoms with Gasteiger partial charge in [0.05, 0.1) is 11.1 Å². The summed E-state index contributed by atoms with van der Waals surface area (Å²) in [6.07, 6.45) is 2.62. The van der Waals surface area contributed by atoms with E-state index in [0.717, 1.165) is 5.56 Å². The van der Waals surface area contributed by atoms with Crippen LogP contribution < -0.4 is 5.43 Å². The number of halogens is 1. The molecule has 1 unspecified atom stereocenters. The van der Waals surface area contributed by atoms with Crippen LogP contribution in [0.25, 0.3) is 0 Å². The standard InChI is InChI=1S/C22H26ClN3O3S/c1-22(2,3)17-8-6-16(7-9-17)15-24-25-21(27)20-5-4-14-26(20)30(28,29)19-12-10-18(23)11-13-19/h6-13,15,20H,4-5,14H2,1-3H3,(H,25,27). The fourth-order valence-corrected chi connectivity index (χ4v) is 5.13. The van der Waals surface area contributed by atoms with E-state index >= 15 is 0 Å². The van der Waals surface area contributed by atoms with Crippen LogP contribution in [0.5, 0.6) is 0 Å². The Morgan fingerprint density at radius 1 is 1.13 bits per heavy atom. The first-order valence-corrected chi connectivity index (χ1v) is 11.6. The summed E-state index contributed by atoms with van der Waals surface area (Å²) in [5.41, 5.74) is 4.60. The number of carbonyl (C=O) groups excluding carboxylic acids is 1. The van der Waals surface area contributed by atoms with Crippen molar-refractivity contribution in [3.63, 3.8) is 0 Å². The zero-order valence-electron chi connectivity index (χ0n) is 17.3. The van der Waals surface area contributed by atoms with Gasteiger partial charge in [-0.05, 0) is 53.6 Å². The predicted molar refractivity (Wildman–Crippen MR) is 119 cm³/mol. The predicted octanol–water partition coefficient (Wildman–Crippen LogP) is 3.94. The number of hydrazone groups is 1. The summed E-state index contributed by atoms with van der Waals surface area (Å²) < 4.78 is 27.1. The molecule has 1 aliphatic heterocycles. The van der Waals surface area contributed by atoms with Gasteiger partial charge < -0.3 is 0 Å². The third-order valence-corrected chi connectivity index (χ3v) is 7.27. The maximum Gasteiger partial charge on any atom is 0.258 e. The Hall–Kier alpha value is -2.22. The molecule has 1 atom stereocenters. The number of nitrogens with one attached hydrogen (secondary N) is 1. The molecular weight excluding hydrogens is 422 g/mol. The molecule has 1 aliphatic rings. The summed E-state index contributed by atoms with van der Waals surface area (Å²) in [7, 11) is -3.78. The molecule has 1 fully saturated rings. The number of amides is 1. The molecule has 0 saturated carbocycles. The largest absolute Gasteiger partial charge is 0.271 e. The second-order valence-electron chi connectivity index (χ2n) is 8.33. The second-order valence-corrected chi connectivity index (χ2v) is 10.7. The lowest BCUT2D eigenvalue weighted by Crippen LogP contribution is -2.44. The molecular formula is C22H26ClN3O3S. The van der Waals surface area contributed by atoms with Crippen molar-refractivity contribution >= 4 is 33.7 Å². The minimum atomic E-state index is -3.78. The van der Waals surface area contributed by atoms with Crippen molar-refractivity contribution in [2.45, 2.75) is 50.0 Å². The first-order valence-electron chi connectivity index (χ1n) is 9.80. The average molecular weight is 448 g/mol. The molecule has 2 aromatic rings. The van der Waals surface area contributed by atoms with Crippen molar-refractivity contribution in [1.82, 2.24) is 9.73 Å². The number of hydrogen-bond acceptors (Lipinski definition) is 4. The fraction of sp³-hybridized carbons (Fsp3) is 0.364. The maximum absolute atomic E-state index is 12.9. The number of hydrogen-bond donors (Lipinski definition) is 1. The monoisotopic (exact) mass is 447 g/mol. The van der Waals surface area contributed by atoms with Crippen LogP contribution in [0.3, 0.4) is 0 Å². The summed E-state index contributed by atoms with van der Waals surface area (Å²) in [6.45, 7) is 6.71. The number of rotatable bonds is 5. The zero-order valence-corrected chi connectivity index (χ0v) is 18.9. The lowest BCUT2D eigenvalue weighted by molar-refractivity contribution is -0.124. The third kappa shape index (κ3) is 5.09. The Morgan fingerprint density at radius 2 is 1.77 bits per heavy atom. The second kappa shape index (κ2) is 8.88. The average Bonchev–Trinajstić information content (AvgIpc) is 3.19. The van der Waals surface area contributed by atoms with Gasteiger partial charge in [-0.2, -0.15) is 9.41 Å². The van der Waals surface area contributed by atoms with E-state index in [1.165, 1.54) is 34.1 Å². The minimum absolute atomic E-state index is 0.0609. The van der Waals surface area contributed by atoms with E-state index in [1.807, 2.05) is 24.3 Å². The Morgan fingerprint density at radius 3 is 2.37 bits per heavy atom. The quantitative estimate of drug-likeness (QED) is 0.557. The smallest absolute Gasteiger partial charge is 0.258 e. The van der Waals surface area contributed by atoms with Crippen LogP contribution in [-0.2, 0) is 20.2 Å². The zero-order chi connectivity index (χ0) is 21.9. The van der Waals surface area contributed by atoms with Crippen LogP contribution in [-0.4, -0.2) is 37.4 Å². The van der Waals surface area contributed by atoms with Gasteiger partial charge in [0.2, 0.25) is 10.0 Å². The Bertz CT molecular complexity index is 1030. The van der Waals surface area contributed by atoms with Crippen LogP contribution in [0.15, 0.2) is 58.5 Å². The normalized spacial score (nSPS) is 18.1. The SMILES string of the molecule is CC(C)(C)c1ccc(C=NNC(=O)C2CCCN2S(=O)(=O)c2ccc(Cl)cc2)cc1. The minimum Gasteiger partial charge on any atom is -0.271 e. The highest BCUT2D eigenvalue weighted by molar-refractivity contribution is 7.89. The molecule has 1 heterocycles. The molecule has 30 heavy (non-hydrogen) atoms. The van der Waals surface area contributed by atoms with Gasteiger partial charge in [-0.15, -0.1) is 0 Å². The van der Waals surface area contributed by atoms with Crippen molar-refractivity contribution in [3.8, 4) is 0 Å². The molecule has 0 aromatic heterocycles. The van der Waals surface area contributed by atoms with E-state index in [0.29, 0.717) is 24.4 Å². The summed E-state index contributed by atoms with van der Waals surface area (Å²) in [5.74, 6) is -0.437. The van der Waals surface area contributed by atoms with E-state index in [-0.39, 0.29) is 10.3 Å². The molecule has 2 aromatic carbocycles. The number of sulfonamides is 1. The molecule has 1 N–H and O–H groups in total. The Labute approximate surface area is 183 Å². The van der Waals surface area contributed by atoms with Crippen molar-refractivity contribution in [1.29, 1.82) is 0 Å². The summed E-state index contributed by atoms with van der Waals surface area (Å²) >= 11 is 5.85. The van der Waals surface area contributed by atoms with Gasteiger partial charge in [-0.3, -0.25) is 4.79 Å². The highest BCUT2D eigenvalue weighted by Crippen LogP contribution is 2.27. The molecule has 1 saturated heterocycles. The van der Waals surface area contributed by atoms with E-state index in [9.17, 15) is 13.2 Å². The summed E-state index contributed by atoms with van der Waals surface area (Å²) in [6, 6.07) is 13.1. The number of benzene rings is 2. The van der Waals surface area contributed by atoms with E-state index in [1.54, 1.807) is 6.21 Å².